The Kier molecular flexibility index (Phi) is 7.97. The first-order valence-electron chi connectivity index (χ1n) is 8.50. The van der Waals surface area contributed by atoms with Crippen LogP contribution in [-0.4, -0.2) is 36.8 Å². The summed E-state index contributed by atoms with van der Waals surface area (Å²) in [7, 11) is -4.20. The van der Waals surface area contributed by atoms with E-state index in [2.05, 4.69) is 0 Å². The van der Waals surface area contributed by atoms with Crippen molar-refractivity contribution in [1.29, 1.82) is 0 Å². The van der Waals surface area contributed by atoms with Gasteiger partial charge in [-0.1, -0.05) is 35.3 Å². The molecule has 11 heteroatoms. The summed E-state index contributed by atoms with van der Waals surface area (Å²) in [6.45, 7) is 1.36. The zero-order valence-electron chi connectivity index (χ0n) is 15.4. The first-order valence-corrected chi connectivity index (χ1v) is 10.7. The maximum absolute atomic E-state index is 13.2. The molecule has 8 nitrogen and oxygen atoms in total. The highest BCUT2D eigenvalue weighted by molar-refractivity contribution is 7.89. The van der Waals surface area contributed by atoms with Gasteiger partial charge in [0.15, 0.2) is 0 Å². The molecule has 0 bridgehead atoms. The molecule has 0 saturated carbocycles. The van der Waals surface area contributed by atoms with Crippen molar-refractivity contribution in [2.75, 3.05) is 13.2 Å². The van der Waals surface area contributed by atoms with Gasteiger partial charge in [-0.2, -0.15) is 4.31 Å². The molecule has 0 unspecified atom stereocenters. The Morgan fingerprint density at radius 1 is 1.17 bits per heavy atom. The second-order valence-electron chi connectivity index (χ2n) is 5.85. The lowest BCUT2D eigenvalue weighted by Gasteiger charge is -2.23. The van der Waals surface area contributed by atoms with Crippen LogP contribution in [0.3, 0.4) is 0 Å². The quantitative estimate of drug-likeness (QED) is 0.317. The number of esters is 1. The summed E-state index contributed by atoms with van der Waals surface area (Å²) in [5, 5.41) is 11.5. The average Bonchev–Trinajstić information content (AvgIpc) is 2.67. The number of carbonyl (C=O) groups excluding carboxylic acids is 1. The number of hydrogen-bond acceptors (Lipinski definition) is 6. The fourth-order valence-corrected chi connectivity index (χ4v) is 4.47. The first kappa shape index (κ1) is 23.1. The van der Waals surface area contributed by atoms with E-state index in [1.807, 2.05) is 0 Å². The predicted octanol–water partition coefficient (Wildman–Crippen LogP) is 4.05. The molecule has 0 N–H and O–H groups in total. The van der Waals surface area contributed by atoms with Crippen LogP contribution >= 0.6 is 23.2 Å². The van der Waals surface area contributed by atoms with Gasteiger partial charge >= 0.3 is 5.97 Å². The predicted molar refractivity (Wildman–Crippen MR) is 108 cm³/mol. The lowest BCUT2D eigenvalue weighted by molar-refractivity contribution is -0.385. The molecule has 0 aliphatic heterocycles. The van der Waals surface area contributed by atoms with Crippen LogP contribution in [0.5, 0.6) is 0 Å². The fourth-order valence-electron chi connectivity index (χ4n) is 2.50. The summed E-state index contributed by atoms with van der Waals surface area (Å²) in [5.41, 5.74) is -0.0131. The lowest BCUT2D eigenvalue weighted by atomic mass is 10.2. The number of non-ortho nitro benzene ring substituents is 1. The van der Waals surface area contributed by atoms with E-state index in [0.717, 1.165) is 10.4 Å². The Morgan fingerprint density at radius 2 is 1.79 bits per heavy atom. The molecule has 0 atom stereocenters. The number of hydrogen-bond donors (Lipinski definition) is 0. The van der Waals surface area contributed by atoms with Crippen molar-refractivity contribution in [1.82, 2.24) is 4.31 Å². The fraction of sp³-hybridized carbons (Fsp3) is 0.278. The maximum atomic E-state index is 13.2. The molecule has 0 aliphatic rings. The molecule has 2 rings (SSSR count). The van der Waals surface area contributed by atoms with Crippen molar-refractivity contribution in [2.45, 2.75) is 24.8 Å². The van der Waals surface area contributed by atoms with Crippen LogP contribution in [0.25, 0.3) is 0 Å². The van der Waals surface area contributed by atoms with Gasteiger partial charge in [-0.25, -0.2) is 8.42 Å². The van der Waals surface area contributed by atoms with Crippen LogP contribution < -0.4 is 0 Å². The number of carbonyl (C=O) groups is 1. The zero-order chi connectivity index (χ0) is 21.6. The molecule has 156 valence electrons. The molecule has 29 heavy (non-hydrogen) atoms. The summed E-state index contributed by atoms with van der Waals surface area (Å²) in [5.74, 6) is -0.572. The van der Waals surface area contributed by atoms with E-state index in [4.69, 9.17) is 27.9 Å². The molecule has 0 aromatic heterocycles. The third-order valence-corrected chi connectivity index (χ3v) is 6.48. The summed E-state index contributed by atoms with van der Waals surface area (Å²) in [6, 6.07) is 9.41. The number of benzene rings is 2. The number of ether oxygens (including phenoxy) is 1. The summed E-state index contributed by atoms with van der Waals surface area (Å²) < 4.78 is 32.2. The van der Waals surface area contributed by atoms with Crippen molar-refractivity contribution in [3.05, 3.63) is 68.2 Å². The molecule has 0 fully saturated rings. The van der Waals surface area contributed by atoms with Gasteiger partial charge in [0.2, 0.25) is 10.0 Å². The van der Waals surface area contributed by atoms with Gasteiger partial charge in [-0.15, -0.1) is 0 Å². The third-order valence-electron chi connectivity index (χ3n) is 3.93. The molecule has 0 amide bonds. The van der Waals surface area contributed by atoms with Crippen molar-refractivity contribution in [2.24, 2.45) is 0 Å². The van der Waals surface area contributed by atoms with Gasteiger partial charge < -0.3 is 4.74 Å². The Labute approximate surface area is 178 Å². The van der Waals surface area contributed by atoms with Crippen LogP contribution in [-0.2, 0) is 26.1 Å². The number of halogens is 2. The minimum atomic E-state index is -4.20. The second kappa shape index (κ2) is 10.0. The van der Waals surface area contributed by atoms with E-state index in [1.54, 1.807) is 25.1 Å². The third kappa shape index (κ3) is 5.89. The topological polar surface area (TPSA) is 107 Å². The molecular formula is C18H18Cl2N2O6S. The molecule has 0 radical (unpaired) electrons. The van der Waals surface area contributed by atoms with Crippen LogP contribution in [0.1, 0.15) is 18.9 Å². The van der Waals surface area contributed by atoms with Gasteiger partial charge in [0.25, 0.3) is 5.69 Å². The molecule has 2 aromatic carbocycles. The number of sulfonamides is 1. The molecular weight excluding hydrogens is 443 g/mol. The Balaban J connectivity index is 2.43. The first-order chi connectivity index (χ1) is 13.7. The maximum Gasteiger partial charge on any atom is 0.307 e. The number of nitro benzene ring substituents is 1. The Bertz CT molecular complexity index is 993. The van der Waals surface area contributed by atoms with Crippen molar-refractivity contribution in [3.63, 3.8) is 0 Å². The smallest absolute Gasteiger partial charge is 0.307 e. The minimum Gasteiger partial charge on any atom is -0.466 e. The second-order valence-corrected chi connectivity index (χ2v) is 8.60. The van der Waals surface area contributed by atoms with E-state index < -0.39 is 20.9 Å². The lowest BCUT2D eigenvalue weighted by Crippen LogP contribution is -2.33. The van der Waals surface area contributed by atoms with Crippen molar-refractivity contribution >= 4 is 44.9 Å². The van der Waals surface area contributed by atoms with Crippen LogP contribution in [0.15, 0.2) is 47.4 Å². The number of nitrogens with zero attached hydrogens (tertiary/aromatic N) is 2. The van der Waals surface area contributed by atoms with Crippen molar-refractivity contribution < 1.29 is 22.9 Å². The largest absolute Gasteiger partial charge is 0.466 e. The van der Waals surface area contributed by atoms with E-state index in [1.165, 1.54) is 18.2 Å². The Morgan fingerprint density at radius 3 is 2.38 bits per heavy atom. The van der Waals surface area contributed by atoms with Gasteiger partial charge in [-0.05, 0) is 25.1 Å². The number of nitro groups is 1. The molecule has 2 aromatic rings. The van der Waals surface area contributed by atoms with E-state index in [0.29, 0.717) is 5.56 Å². The SMILES string of the molecule is CCOC(=O)CCN(Cc1c(Cl)cccc1Cl)S(=O)(=O)c1cccc([N+](=O)[O-])c1. The van der Waals surface area contributed by atoms with Gasteiger partial charge in [0, 0.05) is 40.8 Å². The molecule has 0 heterocycles. The van der Waals surface area contributed by atoms with Crippen molar-refractivity contribution in [3.8, 4) is 0 Å². The van der Waals surface area contributed by atoms with E-state index in [-0.39, 0.29) is 46.7 Å². The monoisotopic (exact) mass is 460 g/mol. The average molecular weight is 461 g/mol. The van der Waals surface area contributed by atoms with Gasteiger partial charge in [0.05, 0.1) is 22.8 Å². The van der Waals surface area contributed by atoms with Gasteiger partial charge in [0.1, 0.15) is 0 Å². The molecule has 0 saturated heterocycles. The minimum absolute atomic E-state index is 0.160. The molecule has 0 spiro atoms. The summed E-state index contributed by atoms with van der Waals surface area (Å²) in [4.78, 5) is 21.8. The van der Waals surface area contributed by atoms with E-state index in [9.17, 15) is 23.3 Å². The summed E-state index contributed by atoms with van der Waals surface area (Å²) >= 11 is 12.3. The van der Waals surface area contributed by atoms with Crippen LogP contribution in [0, 0.1) is 10.1 Å². The number of rotatable bonds is 9. The highest BCUT2D eigenvalue weighted by Crippen LogP contribution is 2.29. The van der Waals surface area contributed by atoms with Gasteiger partial charge in [-0.3, -0.25) is 14.9 Å². The molecule has 0 aliphatic carbocycles. The van der Waals surface area contributed by atoms with Crippen LogP contribution in [0.2, 0.25) is 10.0 Å². The Hall–Kier alpha value is -2.20. The zero-order valence-corrected chi connectivity index (χ0v) is 17.7. The highest BCUT2D eigenvalue weighted by Gasteiger charge is 2.28. The summed E-state index contributed by atoms with van der Waals surface area (Å²) in [6.07, 6.45) is -0.204. The normalized spacial score (nSPS) is 11.4. The van der Waals surface area contributed by atoms with E-state index >= 15 is 0 Å². The highest BCUT2D eigenvalue weighted by atomic mass is 35.5. The standard InChI is InChI=1S/C18H18Cl2N2O6S/c1-2-28-18(23)9-10-21(12-15-16(19)7-4-8-17(15)20)29(26,27)14-6-3-5-13(11-14)22(24)25/h3-8,11H,2,9-10,12H2,1H3. The van der Waals surface area contributed by atoms with Crippen LogP contribution in [0.4, 0.5) is 5.69 Å².